The Bertz CT molecular complexity index is 374. The van der Waals surface area contributed by atoms with Gasteiger partial charge in [0, 0.05) is 5.56 Å². The molecule has 0 atom stereocenters. The van der Waals surface area contributed by atoms with Crippen LogP contribution in [0.2, 0.25) is 0 Å². The van der Waals surface area contributed by atoms with Crippen molar-refractivity contribution in [2.75, 3.05) is 6.61 Å². The molecular formula is C10H12O3. The number of hydrogen-bond acceptors (Lipinski definition) is 3. The third-order valence-electron chi connectivity index (χ3n) is 1.80. The van der Waals surface area contributed by atoms with Gasteiger partial charge in [-0.25, -0.2) is 4.79 Å². The monoisotopic (exact) mass is 180 g/mol. The van der Waals surface area contributed by atoms with Crippen LogP contribution in [0, 0.1) is 6.92 Å². The highest BCUT2D eigenvalue weighted by Crippen LogP contribution is 2.10. The summed E-state index contributed by atoms with van der Waals surface area (Å²) in [5.41, 5.74) is 1.02. The Morgan fingerprint density at radius 2 is 2.31 bits per heavy atom. The van der Waals surface area contributed by atoms with Gasteiger partial charge in [0.05, 0.1) is 6.61 Å². The molecule has 1 N–H and O–H groups in total. The second kappa shape index (κ2) is 4.05. The number of aliphatic hydroxyl groups is 1. The molecule has 70 valence electrons. The van der Waals surface area contributed by atoms with Crippen LogP contribution in [0.15, 0.2) is 27.4 Å². The van der Waals surface area contributed by atoms with Gasteiger partial charge in [0.2, 0.25) is 0 Å². The highest BCUT2D eigenvalue weighted by molar-refractivity contribution is 5.58. The van der Waals surface area contributed by atoms with E-state index in [-0.39, 0.29) is 12.2 Å². The standard InChI is InChI=1S/C10H12O3/c1-7(5-6-11)9-4-3-8(2)10(12)13-9/h3-5,11H,6H2,1-2H3/b7-5+. The summed E-state index contributed by atoms with van der Waals surface area (Å²) in [6.07, 6.45) is 1.59. The fourth-order valence-corrected chi connectivity index (χ4v) is 0.933. The van der Waals surface area contributed by atoms with Crippen molar-refractivity contribution in [2.45, 2.75) is 13.8 Å². The van der Waals surface area contributed by atoms with Crippen LogP contribution in [0.3, 0.4) is 0 Å². The van der Waals surface area contributed by atoms with Gasteiger partial charge in [-0.2, -0.15) is 0 Å². The smallest absolute Gasteiger partial charge is 0.339 e. The fourth-order valence-electron chi connectivity index (χ4n) is 0.933. The topological polar surface area (TPSA) is 50.4 Å². The predicted octanol–water partition coefficient (Wildman–Crippen LogP) is 1.34. The second-order valence-corrected chi connectivity index (χ2v) is 2.84. The van der Waals surface area contributed by atoms with Crippen LogP contribution < -0.4 is 5.63 Å². The lowest BCUT2D eigenvalue weighted by Gasteiger charge is -1.98. The van der Waals surface area contributed by atoms with Crippen molar-refractivity contribution in [2.24, 2.45) is 0 Å². The molecule has 0 saturated carbocycles. The Kier molecular flexibility index (Phi) is 3.03. The summed E-state index contributed by atoms with van der Waals surface area (Å²) in [5, 5.41) is 8.63. The first kappa shape index (κ1) is 9.74. The number of hydrogen-bond donors (Lipinski definition) is 1. The Labute approximate surface area is 76.3 Å². The number of aliphatic hydroxyl groups excluding tert-OH is 1. The summed E-state index contributed by atoms with van der Waals surface area (Å²) in [6.45, 7) is 3.42. The van der Waals surface area contributed by atoms with Crippen molar-refractivity contribution in [1.29, 1.82) is 0 Å². The van der Waals surface area contributed by atoms with Gasteiger partial charge in [-0.3, -0.25) is 0 Å². The zero-order valence-electron chi connectivity index (χ0n) is 7.70. The van der Waals surface area contributed by atoms with E-state index in [2.05, 4.69) is 0 Å². The van der Waals surface area contributed by atoms with Crippen LogP contribution in [0.4, 0.5) is 0 Å². The molecule has 0 saturated heterocycles. The molecule has 0 unspecified atom stereocenters. The van der Waals surface area contributed by atoms with Gasteiger partial charge in [-0.15, -0.1) is 0 Å². The summed E-state index contributed by atoms with van der Waals surface area (Å²) >= 11 is 0. The van der Waals surface area contributed by atoms with Crippen LogP contribution >= 0.6 is 0 Å². The van der Waals surface area contributed by atoms with E-state index in [0.29, 0.717) is 11.3 Å². The third kappa shape index (κ3) is 2.29. The van der Waals surface area contributed by atoms with Crippen molar-refractivity contribution in [1.82, 2.24) is 0 Å². The molecule has 0 bridgehead atoms. The Morgan fingerprint density at radius 1 is 1.62 bits per heavy atom. The number of allylic oxidation sites excluding steroid dienone is 1. The number of rotatable bonds is 2. The zero-order valence-corrected chi connectivity index (χ0v) is 7.70. The Morgan fingerprint density at radius 3 is 2.85 bits per heavy atom. The minimum absolute atomic E-state index is 0.0522. The average Bonchev–Trinajstić information content (AvgIpc) is 2.10. The summed E-state index contributed by atoms with van der Waals surface area (Å²) in [6, 6.07) is 3.42. The van der Waals surface area contributed by atoms with Gasteiger partial charge in [-0.1, -0.05) is 6.08 Å². The van der Waals surface area contributed by atoms with Crippen LogP contribution in [0.1, 0.15) is 18.2 Å². The van der Waals surface area contributed by atoms with Gasteiger partial charge < -0.3 is 9.52 Å². The first-order valence-corrected chi connectivity index (χ1v) is 4.04. The van der Waals surface area contributed by atoms with Crippen molar-refractivity contribution in [3.63, 3.8) is 0 Å². The molecule has 0 aliphatic carbocycles. The van der Waals surface area contributed by atoms with Crippen molar-refractivity contribution in [3.05, 3.63) is 40.0 Å². The highest BCUT2D eigenvalue weighted by atomic mass is 16.4. The first-order chi connectivity index (χ1) is 6.15. The van der Waals surface area contributed by atoms with E-state index >= 15 is 0 Å². The number of aryl methyl sites for hydroxylation is 1. The van der Waals surface area contributed by atoms with E-state index in [1.165, 1.54) is 0 Å². The molecule has 1 rings (SSSR count). The maximum Gasteiger partial charge on any atom is 0.339 e. The maximum absolute atomic E-state index is 11.1. The average molecular weight is 180 g/mol. The quantitative estimate of drug-likeness (QED) is 0.747. The van der Waals surface area contributed by atoms with E-state index in [1.807, 2.05) is 0 Å². The largest absolute Gasteiger partial charge is 0.423 e. The lowest BCUT2D eigenvalue weighted by molar-refractivity contribution is 0.342. The Hall–Kier alpha value is -1.35. The van der Waals surface area contributed by atoms with Gasteiger partial charge >= 0.3 is 5.63 Å². The van der Waals surface area contributed by atoms with E-state index in [4.69, 9.17) is 9.52 Å². The van der Waals surface area contributed by atoms with Crippen molar-refractivity contribution in [3.8, 4) is 0 Å². The molecule has 1 heterocycles. The van der Waals surface area contributed by atoms with Crippen LogP contribution in [-0.2, 0) is 0 Å². The summed E-state index contributed by atoms with van der Waals surface area (Å²) in [7, 11) is 0. The highest BCUT2D eigenvalue weighted by Gasteiger charge is 2.00. The van der Waals surface area contributed by atoms with Crippen LogP contribution in [0.5, 0.6) is 0 Å². The van der Waals surface area contributed by atoms with E-state index in [1.54, 1.807) is 32.1 Å². The summed E-state index contributed by atoms with van der Waals surface area (Å²) in [4.78, 5) is 11.1. The molecule has 3 heteroatoms. The molecule has 0 amide bonds. The van der Waals surface area contributed by atoms with Crippen LogP contribution in [-0.4, -0.2) is 11.7 Å². The first-order valence-electron chi connectivity index (χ1n) is 4.04. The SMILES string of the molecule is C/C(=C\CO)c1ccc(C)c(=O)o1. The van der Waals surface area contributed by atoms with Crippen molar-refractivity contribution >= 4 is 5.57 Å². The van der Waals surface area contributed by atoms with E-state index in [0.717, 1.165) is 5.57 Å². The lowest BCUT2D eigenvalue weighted by atomic mass is 10.2. The molecule has 0 fully saturated rings. The van der Waals surface area contributed by atoms with Gasteiger partial charge in [0.25, 0.3) is 0 Å². The lowest BCUT2D eigenvalue weighted by Crippen LogP contribution is -2.03. The summed E-state index contributed by atoms with van der Waals surface area (Å²) in [5.74, 6) is 0.504. The molecule has 3 nitrogen and oxygen atoms in total. The molecule has 13 heavy (non-hydrogen) atoms. The van der Waals surface area contributed by atoms with E-state index < -0.39 is 0 Å². The molecule has 0 radical (unpaired) electrons. The normalized spacial score (nSPS) is 11.8. The molecule has 1 aromatic rings. The van der Waals surface area contributed by atoms with Gasteiger partial charge in [0.15, 0.2) is 0 Å². The van der Waals surface area contributed by atoms with Gasteiger partial charge in [0.1, 0.15) is 5.76 Å². The van der Waals surface area contributed by atoms with Crippen molar-refractivity contribution < 1.29 is 9.52 Å². The molecule has 0 aliphatic heterocycles. The molecule has 0 aromatic carbocycles. The molecule has 1 aromatic heterocycles. The maximum atomic E-state index is 11.1. The Balaban J connectivity index is 3.11. The minimum atomic E-state index is -0.330. The molecule has 0 spiro atoms. The zero-order chi connectivity index (χ0) is 9.84. The predicted molar refractivity (Wildman–Crippen MR) is 50.5 cm³/mol. The molecule has 0 aliphatic rings. The molecular weight excluding hydrogens is 168 g/mol. The van der Waals surface area contributed by atoms with Crippen LogP contribution in [0.25, 0.3) is 5.57 Å². The third-order valence-corrected chi connectivity index (χ3v) is 1.80. The summed E-state index contributed by atoms with van der Waals surface area (Å²) < 4.78 is 4.99. The second-order valence-electron chi connectivity index (χ2n) is 2.84. The van der Waals surface area contributed by atoms with E-state index in [9.17, 15) is 4.79 Å². The fraction of sp³-hybridized carbons (Fsp3) is 0.300. The minimum Gasteiger partial charge on any atom is -0.423 e. The van der Waals surface area contributed by atoms with Gasteiger partial charge in [-0.05, 0) is 31.6 Å².